The van der Waals surface area contributed by atoms with E-state index in [1.807, 2.05) is 45.0 Å². The van der Waals surface area contributed by atoms with Gasteiger partial charge >= 0.3 is 0 Å². The Morgan fingerprint density at radius 3 is 2.29 bits per heavy atom. The number of hydrogen-bond acceptors (Lipinski definition) is 3. The Morgan fingerprint density at radius 2 is 1.94 bits per heavy atom. The first-order valence-corrected chi connectivity index (χ1v) is 6.15. The molecule has 0 saturated heterocycles. The van der Waals surface area contributed by atoms with Gasteiger partial charge in [-0.3, -0.25) is 0 Å². The van der Waals surface area contributed by atoms with Crippen LogP contribution in [0.3, 0.4) is 0 Å². The Balaban J connectivity index is 2.84. The quantitative estimate of drug-likeness (QED) is 0.494. The van der Waals surface area contributed by atoms with Crippen molar-refractivity contribution in [3.8, 4) is 5.75 Å². The highest BCUT2D eigenvalue weighted by atomic mass is 79.9. The second-order valence-electron chi connectivity index (χ2n) is 4.44. The van der Waals surface area contributed by atoms with Gasteiger partial charge in [0, 0.05) is 0 Å². The van der Waals surface area contributed by atoms with Crippen molar-refractivity contribution in [1.29, 1.82) is 0 Å². The fourth-order valence-electron chi connectivity index (χ4n) is 1.48. The van der Waals surface area contributed by atoms with Crippen LogP contribution in [-0.4, -0.2) is 9.72 Å². The minimum absolute atomic E-state index is 0.249. The Hall–Kier alpha value is -0.840. The molecule has 0 aliphatic rings. The summed E-state index contributed by atoms with van der Waals surface area (Å²) in [5.41, 5.74) is 4.03. The average Bonchev–Trinajstić information content (AvgIpc) is 2.18. The zero-order valence-electron chi connectivity index (χ0n) is 10.3. The molecular formula is C13H18BrNO2. The first-order chi connectivity index (χ1) is 7.83. The molecule has 0 saturated carbocycles. The molecule has 3 nitrogen and oxygen atoms in total. The second kappa shape index (κ2) is 5.67. The summed E-state index contributed by atoms with van der Waals surface area (Å²) in [7, 11) is 0. The van der Waals surface area contributed by atoms with Crippen molar-refractivity contribution in [3.63, 3.8) is 0 Å². The van der Waals surface area contributed by atoms with Crippen molar-refractivity contribution in [3.05, 3.63) is 42.0 Å². The molecule has 1 aromatic rings. The maximum absolute atomic E-state index is 9.06. The number of hydroxylamine groups is 1. The summed E-state index contributed by atoms with van der Waals surface area (Å²) < 4.78 is 5.25. The molecule has 1 atom stereocenters. The highest BCUT2D eigenvalue weighted by molar-refractivity contribution is 9.10. The predicted molar refractivity (Wildman–Crippen MR) is 72.6 cm³/mol. The topological polar surface area (TPSA) is 41.5 Å². The van der Waals surface area contributed by atoms with Gasteiger partial charge in [-0.1, -0.05) is 24.3 Å². The maximum atomic E-state index is 9.06. The van der Waals surface area contributed by atoms with Crippen LogP contribution >= 0.6 is 15.9 Å². The molecule has 0 amide bonds. The van der Waals surface area contributed by atoms with Crippen molar-refractivity contribution >= 4 is 15.9 Å². The van der Waals surface area contributed by atoms with Crippen LogP contribution in [0.2, 0.25) is 0 Å². The number of halogens is 1. The van der Waals surface area contributed by atoms with E-state index in [1.54, 1.807) is 0 Å². The summed E-state index contributed by atoms with van der Waals surface area (Å²) in [4.78, 5) is 0. The second-order valence-corrected chi connectivity index (χ2v) is 6.35. The van der Waals surface area contributed by atoms with Crippen LogP contribution in [0, 0.1) is 0 Å². The van der Waals surface area contributed by atoms with Gasteiger partial charge in [0.25, 0.3) is 0 Å². The van der Waals surface area contributed by atoms with E-state index in [1.165, 1.54) is 0 Å². The van der Waals surface area contributed by atoms with Gasteiger partial charge in [0.1, 0.15) is 5.75 Å². The molecule has 2 N–H and O–H groups in total. The molecular weight excluding hydrogens is 282 g/mol. The average molecular weight is 300 g/mol. The summed E-state index contributed by atoms with van der Waals surface area (Å²) in [6.07, 6.45) is 0. The first-order valence-electron chi connectivity index (χ1n) is 5.36. The van der Waals surface area contributed by atoms with E-state index in [0.29, 0.717) is 0 Å². The van der Waals surface area contributed by atoms with Gasteiger partial charge in [-0.05, 0) is 54.4 Å². The zero-order valence-corrected chi connectivity index (χ0v) is 11.9. The third-order valence-corrected chi connectivity index (χ3v) is 2.36. The fraction of sp³-hybridized carbons (Fsp3) is 0.385. The van der Waals surface area contributed by atoms with Crippen LogP contribution in [-0.2, 0) is 0 Å². The number of hydrogen-bond donors (Lipinski definition) is 2. The van der Waals surface area contributed by atoms with Crippen molar-refractivity contribution in [2.45, 2.75) is 31.3 Å². The Labute approximate surface area is 111 Å². The summed E-state index contributed by atoms with van der Waals surface area (Å²) in [5.74, 6) is 0.772. The van der Waals surface area contributed by atoms with Crippen molar-refractivity contribution < 1.29 is 9.94 Å². The Morgan fingerprint density at radius 1 is 1.41 bits per heavy atom. The Kier molecular flexibility index (Phi) is 4.74. The molecule has 1 unspecified atom stereocenters. The number of rotatable bonds is 5. The molecule has 0 aliphatic heterocycles. The van der Waals surface area contributed by atoms with Crippen LogP contribution < -0.4 is 10.2 Å². The predicted octanol–water partition coefficient (Wildman–Crippen LogP) is 3.79. The van der Waals surface area contributed by atoms with E-state index in [-0.39, 0.29) is 6.04 Å². The standard InChI is InChI=1S/C13H18BrNO2/c1-9(2)12(15-16)10-5-7-11(8-6-10)17-13(3,4)14/h5-8,12,15-16H,1H2,2-4H3. The maximum Gasteiger partial charge on any atom is 0.157 e. The monoisotopic (exact) mass is 299 g/mol. The SMILES string of the molecule is C=C(C)C(NO)c1ccc(OC(C)(C)Br)cc1. The van der Waals surface area contributed by atoms with Gasteiger partial charge in [0.2, 0.25) is 0 Å². The van der Waals surface area contributed by atoms with Gasteiger partial charge in [0.15, 0.2) is 4.51 Å². The molecule has 1 aromatic carbocycles. The van der Waals surface area contributed by atoms with Gasteiger partial charge in [-0.25, -0.2) is 0 Å². The molecule has 94 valence electrons. The summed E-state index contributed by atoms with van der Waals surface area (Å²) in [6, 6.07) is 7.28. The lowest BCUT2D eigenvalue weighted by Crippen LogP contribution is -2.19. The highest BCUT2D eigenvalue weighted by Gasteiger charge is 2.15. The molecule has 4 heteroatoms. The molecule has 0 fully saturated rings. The van der Waals surface area contributed by atoms with Crippen LogP contribution in [0.4, 0.5) is 0 Å². The molecule has 0 aromatic heterocycles. The van der Waals surface area contributed by atoms with E-state index in [2.05, 4.69) is 28.0 Å². The lowest BCUT2D eigenvalue weighted by atomic mass is 10.0. The van der Waals surface area contributed by atoms with Gasteiger partial charge in [-0.2, -0.15) is 5.48 Å². The van der Waals surface area contributed by atoms with Crippen LogP contribution in [0.15, 0.2) is 36.4 Å². The van der Waals surface area contributed by atoms with Crippen molar-refractivity contribution in [2.24, 2.45) is 0 Å². The van der Waals surface area contributed by atoms with Crippen molar-refractivity contribution in [2.75, 3.05) is 0 Å². The number of nitrogens with one attached hydrogen (secondary N) is 1. The molecule has 1 rings (SSSR count). The smallest absolute Gasteiger partial charge is 0.157 e. The minimum atomic E-state index is -0.391. The zero-order chi connectivity index (χ0) is 13.1. The van der Waals surface area contributed by atoms with Crippen LogP contribution in [0.1, 0.15) is 32.4 Å². The van der Waals surface area contributed by atoms with E-state index < -0.39 is 4.51 Å². The lowest BCUT2D eigenvalue weighted by Gasteiger charge is -2.20. The molecule has 0 heterocycles. The van der Waals surface area contributed by atoms with E-state index in [0.717, 1.165) is 16.9 Å². The van der Waals surface area contributed by atoms with Gasteiger partial charge < -0.3 is 9.94 Å². The van der Waals surface area contributed by atoms with Gasteiger partial charge in [-0.15, -0.1) is 0 Å². The summed E-state index contributed by atoms with van der Waals surface area (Å²) >= 11 is 3.41. The van der Waals surface area contributed by atoms with E-state index >= 15 is 0 Å². The van der Waals surface area contributed by atoms with Crippen LogP contribution in [0.25, 0.3) is 0 Å². The molecule has 0 spiro atoms. The number of benzene rings is 1. The third kappa shape index (κ3) is 4.50. The Bertz CT molecular complexity index is 381. The van der Waals surface area contributed by atoms with E-state index in [9.17, 15) is 0 Å². The highest BCUT2D eigenvalue weighted by Crippen LogP contribution is 2.26. The van der Waals surface area contributed by atoms with Crippen LogP contribution in [0.5, 0.6) is 5.75 Å². The third-order valence-electron chi connectivity index (χ3n) is 2.20. The number of alkyl halides is 1. The first kappa shape index (κ1) is 14.2. The normalized spacial score (nSPS) is 13.2. The fourth-order valence-corrected chi connectivity index (χ4v) is 1.66. The molecule has 0 radical (unpaired) electrons. The van der Waals surface area contributed by atoms with Crippen molar-refractivity contribution in [1.82, 2.24) is 5.48 Å². The van der Waals surface area contributed by atoms with Gasteiger partial charge in [0.05, 0.1) is 6.04 Å². The molecule has 17 heavy (non-hydrogen) atoms. The summed E-state index contributed by atoms with van der Waals surface area (Å²) in [6.45, 7) is 9.53. The minimum Gasteiger partial charge on any atom is -0.477 e. The van der Waals surface area contributed by atoms with E-state index in [4.69, 9.17) is 9.94 Å². The largest absolute Gasteiger partial charge is 0.477 e. The number of ether oxygens (including phenoxy) is 1. The molecule has 0 bridgehead atoms. The lowest BCUT2D eigenvalue weighted by molar-refractivity contribution is 0.139. The molecule has 0 aliphatic carbocycles. The summed E-state index contributed by atoms with van der Waals surface area (Å²) in [5, 5.41) is 9.06.